The van der Waals surface area contributed by atoms with Crippen LogP contribution >= 0.6 is 0 Å². The summed E-state index contributed by atoms with van der Waals surface area (Å²) in [6.45, 7) is 11.0. The van der Waals surface area contributed by atoms with Crippen molar-refractivity contribution < 1.29 is 0 Å². The zero-order valence-electron chi connectivity index (χ0n) is 16.1. The van der Waals surface area contributed by atoms with Crippen molar-refractivity contribution in [1.82, 2.24) is 9.97 Å². The highest BCUT2D eigenvalue weighted by Gasteiger charge is 2.26. The standard InChI is InChI=1S/C21H30N4/c1-6-14(2)22-20-24-18(15-7-8-15)13-19(25-20)23-17-11-9-16(10-12-17)21(3,4)5/h9-15H,6-8H2,1-5H3,(H2,22,23,24,25)/t14-/m0/s1. The largest absolute Gasteiger partial charge is 0.352 e. The highest BCUT2D eigenvalue weighted by molar-refractivity contribution is 5.58. The molecule has 1 fully saturated rings. The van der Waals surface area contributed by atoms with Crippen LogP contribution in [0.4, 0.5) is 17.5 Å². The number of hydrogen-bond donors (Lipinski definition) is 2. The highest BCUT2D eigenvalue weighted by atomic mass is 15.2. The van der Waals surface area contributed by atoms with Gasteiger partial charge in [-0.15, -0.1) is 0 Å². The lowest BCUT2D eigenvalue weighted by Gasteiger charge is -2.19. The van der Waals surface area contributed by atoms with Crippen LogP contribution in [0.2, 0.25) is 0 Å². The third kappa shape index (κ3) is 4.71. The Kier molecular flexibility index (Phi) is 4.98. The summed E-state index contributed by atoms with van der Waals surface area (Å²) in [6.07, 6.45) is 3.52. The van der Waals surface area contributed by atoms with E-state index in [1.807, 2.05) is 0 Å². The molecule has 0 saturated heterocycles. The van der Waals surface area contributed by atoms with Crippen molar-refractivity contribution in [3.8, 4) is 0 Å². The molecule has 0 amide bonds. The number of benzene rings is 1. The third-order valence-corrected chi connectivity index (χ3v) is 4.75. The second-order valence-electron chi connectivity index (χ2n) is 8.18. The number of anilines is 3. The Balaban J connectivity index is 1.81. The Labute approximate surface area is 151 Å². The molecule has 1 aliphatic rings. The van der Waals surface area contributed by atoms with Gasteiger partial charge in [0.2, 0.25) is 5.95 Å². The number of nitrogens with zero attached hydrogens (tertiary/aromatic N) is 2. The van der Waals surface area contributed by atoms with Gasteiger partial charge in [-0.3, -0.25) is 0 Å². The van der Waals surface area contributed by atoms with Crippen molar-refractivity contribution in [3.05, 3.63) is 41.6 Å². The first kappa shape index (κ1) is 17.7. The van der Waals surface area contributed by atoms with E-state index in [0.29, 0.717) is 12.0 Å². The normalized spacial score (nSPS) is 15.7. The zero-order chi connectivity index (χ0) is 18.0. The topological polar surface area (TPSA) is 49.8 Å². The summed E-state index contributed by atoms with van der Waals surface area (Å²) < 4.78 is 0. The lowest BCUT2D eigenvalue weighted by atomic mass is 9.87. The first-order valence-corrected chi connectivity index (χ1v) is 9.38. The zero-order valence-corrected chi connectivity index (χ0v) is 16.1. The minimum Gasteiger partial charge on any atom is -0.352 e. The van der Waals surface area contributed by atoms with Gasteiger partial charge in [-0.05, 0) is 49.3 Å². The quantitative estimate of drug-likeness (QED) is 0.719. The van der Waals surface area contributed by atoms with E-state index in [1.165, 1.54) is 18.4 Å². The number of rotatable bonds is 6. The van der Waals surface area contributed by atoms with Crippen molar-refractivity contribution in [2.24, 2.45) is 0 Å². The number of aromatic nitrogens is 2. The van der Waals surface area contributed by atoms with Gasteiger partial charge in [0.15, 0.2) is 0 Å². The minimum absolute atomic E-state index is 0.167. The first-order valence-electron chi connectivity index (χ1n) is 9.38. The van der Waals surface area contributed by atoms with Crippen LogP contribution in [0.5, 0.6) is 0 Å². The maximum absolute atomic E-state index is 4.71. The molecule has 1 aromatic carbocycles. The Morgan fingerprint density at radius 2 is 1.80 bits per heavy atom. The van der Waals surface area contributed by atoms with Gasteiger partial charge >= 0.3 is 0 Å². The van der Waals surface area contributed by atoms with Crippen LogP contribution in [-0.2, 0) is 5.41 Å². The summed E-state index contributed by atoms with van der Waals surface area (Å²) in [6, 6.07) is 11.1. The van der Waals surface area contributed by atoms with Crippen LogP contribution < -0.4 is 10.6 Å². The second kappa shape index (κ2) is 7.03. The van der Waals surface area contributed by atoms with Crippen molar-refractivity contribution in [2.75, 3.05) is 10.6 Å². The molecule has 134 valence electrons. The third-order valence-electron chi connectivity index (χ3n) is 4.75. The SMILES string of the molecule is CC[C@H](C)Nc1nc(Nc2ccc(C(C)(C)C)cc2)cc(C2CC2)n1. The van der Waals surface area contributed by atoms with Crippen molar-refractivity contribution >= 4 is 17.5 Å². The van der Waals surface area contributed by atoms with Gasteiger partial charge in [0.1, 0.15) is 5.82 Å². The molecule has 1 aromatic heterocycles. The van der Waals surface area contributed by atoms with Crippen LogP contribution in [0.15, 0.2) is 30.3 Å². The van der Waals surface area contributed by atoms with E-state index >= 15 is 0 Å². The Bertz CT molecular complexity index is 712. The molecule has 0 spiro atoms. The molecule has 4 heteroatoms. The molecule has 2 aromatic rings. The van der Waals surface area contributed by atoms with Crippen molar-refractivity contribution in [2.45, 2.75) is 71.3 Å². The van der Waals surface area contributed by atoms with E-state index in [2.05, 4.69) is 80.6 Å². The molecule has 2 N–H and O–H groups in total. The summed E-state index contributed by atoms with van der Waals surface area (Å²) in [7, 11) is 0. The van der Waals surface area contributed by atoms with Crippen molar-refractivity contribution in [3.63, 3.8) is 0 Å². The molecule has 1 heterocycles. The second-order valence-corrected chi connectivity index (χ2v) is 8.18. The van der Waals surface area contributed by atoms with E-state index in [-0.39, 0.29) is 5.41 Å². The van der Waals surface area contributed by atoms with Crippen LogP contribution in [0.1, 0.15) is 71.1 Å². The van der Waals surface area contributed by atoms with E-state index in [0.717, 1.165) is 29.6 Å². The first-order chi connectivity index (χ1) is 11.8. The van der Waals surface area contributed by atoms with Gasteiger partial charge in [-0.1, -0.05) is 39.8 Å². The maximum Gasteiger partial charge on any atom is 0.225 e. The predicted molar refractivity (Wildman–Crippen MR) is 106 cm³/mol. The van der Waals surface area contributed by atoms with Crippen LogP contribution in [-0.4, -0.2) is 16.0 Å². The molecule has 4 nitrogen and oxygen atoms in total. The fourth-order valence-corrected chi connectivity index (χ4v) is 2.71. The lowest BCUT2D eigenvalue weighted by molar-refractivity contribution is 0.590. The molecular weight excluding hydrogens is 308 g/mol. The van der Waals surface area contributed by atoms with Gasteiger partial charge in [-0.2, -0.15) is 4.98 Å². The van der Waals surface area contributed by atoms with Gasteiger partial charge in [0.25, 0.3) is 0 Å². The molecular formula is C21H30N4. The van der Waals surface area contributed by atoms with Gasteiger partial charge in [0.05, 0.1) is 5.69 Å². The molecule has 1 saturated carbocycles. The number of nitrogens with one attached hydrogen (secondary N) is 2. The highest BCUT2D eigenvalue weighted by Crippen LogP contribution is 2.40. The van der Waals surface area contributed by atoms with Gasteiger partial charge in [-0.25, -0.2) is 4.98 Å². The lowest BCUT2D eigenvalue weighted by Crippen LogP contribution is -2.16. The maximum atomic E-state index is 4.71. The fourth-order valence-electron chi connectivity index (χ4n) is 2.71. The monoisotopic (exact) mass is 338 g/mol. The predicted octanol–water partition coefficient (Wildman–Crippen LogP) is 5.61. The average molecular weight is 338 g/mol. The van der Waals surface area contributed by atoms with Crippen LogP contribution in [0.3, 0.4) is 0 Å². The molecule has 0 bridgehead atoms. The summed E-state index contributed by atoms with van der Waals surface area (Å²) >= 11 is 0. The van der Waals surface area contributed by atoms with E-state index < -0.39 is 0 Å². The van der Waals surface area contributed by atoms with E-state index in [4.69, 9.17) is 4.98 Å². The van der Waals surface area contributed by atoms with E-state index in [1.54, 1.807) is 0 Å². The molecule has 0 aliphatic heterocycles. The molecule has 1 atom stereocenters. The van der Waals surface area contributed by atoms with Crippen LogP contribution in [0.25, 0.3) is 0 Å². The minimum atomic E-state index is 0.167. The summed E-state index contributed by atoms with van der Waals surface area (Å²) in [4.78, 5) is 9.37. The van der Waals surface area contributed by atoms with Gasteiger partial charge < -0.3 is 10.6 Å². The molecule has 1 aliphatic carbocycles. The summed E-state index contributed by atoms with van der Waals surface area (Å²) in [5.41, 5.74) is 3.70. The van der Waals surface area contributed by atoms with Gasteiger partial charge in [0, 0.05) is 23.7 Å². The van der Waals surface area contributed by atoms with Crippen molar-refractivity contribution in [1.29, 1.82) is 0 Å². The molecule has 25 heavy (non-hydrogen) atoms. The Hall–Kier alpha value is -2.10. The Morgan fingerprint density at radius 1 is 1.12 bits per heavy atom. The number of hydrogen-bond acceptors (Lipinski definition) is 4. The average Bonchev–Trinajstić information content (AvgIpc) is 3.39. The molecule has 0 radical (unpaired) electrons. The smallest absolute Gasteiger partial charge is 0.225 e. The molecule has 3 rings (SSSR count). The fraction of sp³-hybridized carbons (Fsp3) is 0.524. The Morgan fingerprint density at radius 3 is 2.36 bits per heavy atom. The van der Waals surface area contributed by atoms with Crippen LogP contribution in [0, 0.1) is 0 Å². The van der Waals surface area contributed by atoms with E-state index in [9.17, 15) is 0 Å². The summed E-state index contributed by atoms with van der Waals surface area (Å²) in [5, 5.41) is 6.85. The molecule has 0 unspecified atom stereocenters. The summed E-state index contributed by atoms with van der Waals surface area (Å²) in [5.74, 6) is 2.20.